The first-order chi connectivity index (χ1) is 8.69. The van der Waals surface area contributed by atoms with Crippen LogP contribution in [0, 0.1) is 0 Å². The number of aromatic amines is 1. The van der Waals surface area contributed by atoms with Crippen LogP contribution in [-0.2, 0) is 12.8 Å². The second-order valence-electron chi connectivity index (χ2n) is 3.67. The molecule has 0 radical (unpaired) electrons. The van der Waals surface area contributed by atoms with E-state index in [1.54, 1.807) is 11.3 Å². The molecule has 0 spiro atoms. The molecule has 0 aliphatic carbocycles. The fourth-order valence-corrected chi connectivity index (χ4v) is 2.90. The van der Waals surface area contributed by atoms with Crippen molar-refractivity contribution in [2.75, 3.05) is 6.54 Å². The number of carbonyl (C=O) groups excluding carboxylic acids is 1. The van der Waals surface area contributed by atoms with Gasteiger partial charge in [-0.1, -0.05) is 6.92 Å². The van der Waals surface area contributed by atoms with Crippen LogP contribution in [-0.4, -0.2) is 27.6 Å². The average Bonchev–Trinajstić information content (AvgIpc) is 2.98. The zero-order valence-corrected chi connectivity index (χ0v) is 12.3. The standard InChI is InChI=1S/C11H13BrN4OS/c1-2-9-14-10(16-15-9)11(17)13-6-5-7-3-4-8(12)18-7/h3-4H,2,5-6H2,1H3,(H,13,17)(H,14,15,16). The van der Waals surface area contributed by atoms with Crippen molar-refractivity contribution < 1.29 is 4.79 Å². The molecule has 0 atom stereocenters. The number of thiophene rings is 1. The van der Waals surface area contributed by atoms with E-state index < -0.39 is 0 Å². The maximum Gasteiger partial charge on any atom is 0.290 e. The topological polar surface area (TPSA) is 70.7 Å². The number of halogens is 1. The van der Waals surface area contributed by atoms with Crippen molar-refractivity contribution in [1.82, 2.24) is 20.5 Å². The van der Waals surface area contributed by atoms with Gasteiger partial charge in [0.25, 0.3) is 5.91 Å². The van der Waals surface area contributed by atoms with Crippen molar-refractivity contribution in [2.45, 2.75) is 19.8 Å². The summed E-state index contributed by atoms with van der Waals surface area (Å²) in [6.45, 7) is 2.54. The Balaban J connectivity index is 1.81. The molecule has 0 unspecified atom stereocenters. The van der Waals surface area contributed by atoms with Gasteiger partial charge >= 0.3 is 0 Å². The van der Waals surface area contributed by atoms with Crippen molar-refractivity contribution in [3.05, 3.63) is 32.4 Å². The summed E-state index contributed by atoms with van der Waals surface area (Å²) in [6, 6.07) is 4.05. The van der Waals surface area contributed by atoms with Crippen molar-refractivity contribution in [3.8, 4) is 0 Å². The Morgan fingerprint density at radius 1 is 1.56 bits per heavy atom. The lowest BCUT2D eigenvalue weighted by Gasteiger charge is -2.00. The molecule has 7 heteroatoms. The van der Waals surface area contributed by atoms with Crippen LogP contribution in [0.5, 0.6) is 0 Å². The van der Waals surface area contributed by atoms with Crippen LogP contribution in [0.25, 0.3) is 0 Å². The third-order valence-electron chi connectivity index (χ3n) is 2.36. The summed E-state index contributed by atoms with van der Waals surface area (Å²) in [4.78, 5) is 17.0. The molecule has 2 N–H and O–H groups in total. The second kappa shape index (κ2) is 6.10. The minimum Gasteiger partial charge on any atom is -0.349 e. The molecule has 0 aliphatic rings. The molecule has 2 aromatic heterocycles. The highest BCUT2D eigenvalue weighted by atomic mass is 79.9. The molecule has 0 aliphatic heterocycles. The predicted octanol–water partition coefficient (Wildman–Crippen LogP) is 2.16. The van der Waals surface area contributed by atoms with Crippen molar-refractivity contribution >= 4 is 33.2 Å². The Labute approximate surface area is 117 Å². The van der Waals surface area contributed by atoms with Gasteiger partial charge in [-0.3, -0.25) is 9.89 Å². The first kappa shape index (κ1) is 13.2. The molecule has 0 fully saturated rings. The van der Waals surface area contributed by atoms with Crippen LogP contribution in [0.4, 0.5) is 0 Å². The lowest BCUT2D eigenvalue weighted by atomic mass is 10.3. The van der Waals surface area contributed by atoms with E-state index in [1.165, 1.54) is 4.88 Å². The third kappa shape index (κ3) is 3.39. The van der Waals surface area contributed by atoms with Gasteiger partial charge in [0.05, 0.1) is 3.79 Å². The number of aromatic nitrogens is 3. The lowest BCUT2D eigenvalue weighted by molar-refractivity contribution is 0.0944. The smallest absolute Gasteiger partial charge is 0.290 e. The summed E-state index contributed by atoms with van der Waals surface area (Å²) in [5, 5.41) is 9.39. The molecule has 2 aromatic rings. The molecule has 2 heterocycles. The van der Waals surface area contributed by atoms with E-state index in [-0.39, 0.29) is 11.7 Å². The molecule has 18 heavy (non-hydrogen) atoms. The van der Waals surface area contributed by atoms with Gasteiger partial charge in [0.1, 0.15) is 5.82 Å². The summed E-state index contributed by atoms with van der Waals surface area (Å²) >= 11 is 5.08. The summed E-state index contributed by atoms with van der Waals surface area (Å²) in [5.74, 6) is 0.697. The molecule has 0 saturated carbocycles. The lowest BCUT2D eigenvalue weighted by Crippen LogP contribution is -2.26. The summed E-state index contributed by atoms with van der Waals surface area (Å²) in [5.41, 5.74) is 0. The van der Waals surface area contributed by atoms with Gasteiger partial charge < -0.3 is 5.32 Å². The van der Waals surface area contributed by atoms with Crippen LogP contribution in [0.2, 0.25) is 0 Å². The third-order valence-corrected chi connectivity index (χ3v) is 4.04. The number of nitrogens with zero attached hydrogens (tertiary/aromatic N) is 2. The number of amides is 1. The van der Waals surface area contributed by atoms with Crippen molar-refractivity contribution in [2.24, 2.45) is 0 Å². The first-order valence-electron chi connectivity index (χ1n) is 5.62. The fraction of sp³-hybridized carbons (Fsp3) is 0.364. The molecular weight excluding hydrogens is 316 g/mol. The summed E-state index contributed by atoms with van der Waals surface area (Å²) in [6.07, 6.45) is 1.55. The molecular formula is C11H13BrN4OS. The van der Waals surface area contributed by atoms with Crippen molar-refractivity contribution in [1.29, 1.82) is 0 Å². The van der Waals surface area contributed by atoms with Gasteiger partial charge in [-0.2, -0.15) is 0 Å². The van der Waals surface area contributed by atoms with Gasteiger partial charge in [-0.05, 0) is 34.5 Å². The van der Waals surface area contributed by atoms with E-state index in [9.17, 15) is 4.79 Å². The maximum atomic E-state index is 11.7. The number of hydrogen-bond acceptors (Lipinski definition) is 4. The highest BCUT2D eigenvalue weighted by Crippen LogP contribution is 2.21. The molecule has 96 valence electrons. The van der Waals surface area contributed by atoms with E-state index in [4.69, 9.17) is 0 Å². The predicted molar refractivity (Wildman–Crippen MR) is 73.8 cm³/mol. The quantitative estimate of drug-likeness (QED) is 0.883. The SMILES string of the molecule is CCc1nc(C(=O)NCCc2ccc(Br)s2)n[nH]1. The zero-order valence-electron chi connectivity index (χ0n) is 9.86. The van der Waals surface area contributed by atoms with E-state index in [1.807, 2.05) is 19.1 Å². The molecule has 2 rings (SSSR count). The van der Waals surface area contributed by atoms with Gasteiger partial charge in [-0.25, -0.2) is 4.98 Å². The Morgan fingerprint density at radius 2 is 2.39 bits per heavy atom. The molecule has 1 amide bonds. The fourth-order valence-electron chi connectivity index (χ4n) is 1.42. The van der Waals surface area contributed by atoms with E-state index in [0.29, 0.717) is 6.54 Å². The van der Waals surface area contributed by atoms with Crippen LogP contribution in [0.1, 0.15) is 28.2 Å². The van der Waals surface area contributed by atoms with E-state index in [0.717, 1.165) is 22.5 Å². The normalized spacial score (nSPS) is 10.6. The number of rotatable bonds is 5. The highest BCUT2D eigenvalue weighted by Gasteiger charge is 2.11. The number of nitrogens with one attached hydrogen (secondary N) is 2. The summed E-state index contributed by atoms with van der Waals surface area (Å²) in [7, 11) is 0. The average molecular weight is 329 g/mol. The maximum absolute atomic E-state index is 11.7. The summed E-state index contributed by atoms with van der Waals surface area (Å²) < 4.78 is 1.10. The molecule has 0 aromatic carbocycles. The Morgan fingerprint density at radius 3 is 3.00 bits per heavy atom. The second-order valence-corrected chi connectivity index (χ2v) is 6.22. The molecule has 0 bridgehead atoms. The number of carbonyl (C=O) groups is 1. The van der Waals surface area contributed by atoms with Crippen LogP contribution in [0.15, 0.2) is 15.9 Å². The monoisotopic (exact) mass is 328 g/mol. The van der Waals surface area contributed by atoms with Crippen LogP contribution < -0.4 is 5.32 Å². The minimum absolute atomic E-state index is 0.208. The largest absolute Gasteiger partial charge is 0.349 e. The van der Waals surface area contributed by atoms with Gasteiger partial charge in [-0.15, -0.1) is 16.4 Å². The number of H-pyrrole nitrogens is 1. The zero-order chi connectivity index (χ0) is 13.0. The number of aryl methyl sites for hydroxylation is 1. The van der Waals surface area contributed by atoms with E-state index in [2.05, 4.69) is 36.4 Å². The Bertz CT molecular complexity index is 537. The van der Waals surface area contributed by atoms with Gasteiger partial charge in [0.2, 0.25) is 5.82 Å². The van der Waals surface area contributed by atoms with E-state index >= 15 is 0 Å². The van der Waals surface area contributed by atoms with Crippen molar-refractivity contribution in [3.63, 3.8) is 0 Å². The first-order valence-corrected chi connectivity index (χ1v) is 7.23. The van der Waals surface area contributed by atoms with Crippen LogP contribution >= 0.6 is 27.3 Å². The molecule has 5 nitrogen and oxygen atoms in total. The van der Waals surface area contributed by atoms with Gasteiger partial charge in [0.15, 0.2) is 0 Å². The number of hydrogen-bond donors (Lipinski definition) is 2. The van der Waals surface area contributed by atoms with Gasteiger partial charge in [0, 0.05) is 17.8 Å². The highest BCUT2D eigenvalue weighted by molar-refractivity contribution is 9.11. The minimum atomic E-state index is -0.235. The van der Waals surface area contributed by atoms with Crippen LogP contribution in [0.3, 0.4) is 0 Å². The Hall–Kier alpha value is -1.21. The Kier molecular flexibility index (Phi) is 4.48. The molecule has 0 saturated heterocycles.